The Balaban J connectivity index is 2.32. The number of phenols is 1. The van der Waals surface area contributed by atoms with Gasteiger partial charge in [-0.25, -0.2) is 4.79 Å². The second-order valence-electron chi connectivity index (χ2n) is 5.83. The number of hydrogen-bond acceptors (Lipinski definition) is 4. The minimum absolute atomic E-state index is 0.00448. The zero-order valence-corrected chi connectivity index (χ0v) is 14.2. The van der Waals surface area contributed by atoms with Crippen LogP contribution in [-0.2, 0) is 11.2 Å². The summed E-state index contributed by atoms with van der Waals surface area (Å²) in [5.74, 6) is -0.436. The third-order valence-corrected chi connectivity index (χ3v) is 3.96. The van der Waals surface area contributed by atoms with Gasteiger partial charge in [0.05, 0.1) is 6.61 Å². The molecular weight excluding hydrogens is 292 g/mol. The van der Waals surface area contributed by atoms with E-state index in [4.69, 9.17) is 9.84 Å². The molecule has 0 saturated carbocycles. The molecule has 0 radical (unpaired) electrons. The van der Waals surface area contributed by atoms with Crippen LogP contribution >= 0.6 is 0 Å². The lowest BCUT2D eigenvalue weighted by molar-refractivity contribution is 0.0521. The third-order valence-electron chi connectivity index (χ3n) is 3.96. The van der Waals surface area contributed by atoms with E-state index >= 15 is 0 Å². The van der Waals surface area contributed by atoms with Gasteiger partial charge in [-0.15, -0.1) is 0 Å². The largest absolute Gasteiger partial charge is 0.507 e. The van der Waals surface area contributed by atoms with E-state index in [0.29, 0.717) is 18.8 Å². The average molecular weight is 322 g/mol. The number of aliphatic hydroxyl groups is 1. The van der Waals surface area contributed by atoms with E-state index in [9.17, 15) is 9.90 Å². The highest BCUT2D eigenvalue weighted by Crippen LogP contribution is 2.24. The highest BCUT2D eigenvalue weighted by atomic mass is 16.5. The first-order valence-corrected chi connectivity index (χ1v) is 8.79. The Labute approximate surface area is 139 Å². The van der Waals surface area contributed by atoms with Crippen molar-refractivity contribution in [1.82, 2.24) is 0 Å². The van der Waals surface area contributed by atoms with Crippen LogP contribution < -0.4 is 0 Å². The molecule has 0 saturated heterocycles. The van der Waals surface area contributed by atoms with Gasteiger partial charge in [0.15, 0.2) is 0 Å². The van der Waals surface area contributed by atoms with Gasteiger partial charge < -0.3 is 14.9 Å². The smallest absolute Gasteiger partial charge is 0.342 e. The van der Waals surface area contributed by atoms with Crippen molar-refractivity contribution < 1.29 is 19.7 Å². The van der Waals surface area contributed by atoms with E-state index < -0.39 is 5.97 Å². The number of aryl methyl sites for hydroxylation is 1. The zero-order chi connectivity index (χ0) is 16.9. The van der Waals surface area contributed by atoms with Crippen LogP contribution in [0, 0.1) is 0 Å². The summed E-state index contributed by atoms with van der Waals surface area (Å²) in [6.45, 7) is 2.37. The number of ether oxygens (including phenoxy) is 1. The summed E-state index contributed by atoms with van der Waals surface area (Å²) in [7, 11) is 0. The Kier molecular flexibility index (Phi) is 10.1. The van der Waals surface area contributed by atoms with E-state index in [1.54, 1.807) is 13.0 Å². The number of aromatic hydroxyl groups is 1. The molecule has 0 amide bonds. The molecule has 1 aromatic rings. The fourth-order valence-electron chi connectivity index (χ4n) is 2.72. The highest BCUT2D eigenvalue weighted by Gasteiger charge is 2.16. The molecule has 0 spiro atoms. The molecular formula is C19H30O4. The van der Waals surface area contributed by atoms with Gasteiger partial charge in [-0.05, 0) is 37.8 Å². The monoisotopic (exact) mass is 322 g/mol. The second kappa shape index (κ2) is 11.9. The maximum Gasteiger partial charge on any atom is 0.342 e. The summed E-state index contributed by atoms with van der Waals surface area (Å²) in [6, 6.07) is 5.19. The first-order chi connectivity index (χ1) is 11.2. The van der Waals surface area contributed by atoms with Gasteiger partial charge in [-0.2, -0.15) is 0 Å². The van der Waals surface area contributed by atoms with Gasteiger partial charge in [-0.3, -0.25) is 0 Å². The van der Waals surface area contributed by atoms with Gasteiger partial charge >= 0.3 is 5.97 Å². The van der Waals surface area contributed by atoms with Crippen LogP contribution in [0.25, 0.3) is 0 Å². The maximum atomic E-state index is 11.9. The number of carbonyl (C=O) groups excluding carboxylic acids is 1. The van der Waals surface area contributed by atoms with Crippen LogP contribution in [0.4, 0.5) is 0 Å². The van der Waals surface area contributed by atoms with E-state index in [1.807, 2.05) is 6.07 Å². The number of benzene rings is 1. The zero-order valence-electron chi connectivity index (χ0n) is 14.2. The van der Waals surface area contributed by atoms with E-state index in [-0.39, 0.29) is 5.75 Å². The van der Waals surface area contributed by atoms with Crippen LogP contribution in [0.2, 0.25) is 0 Å². The minimum Gasteiger partial charge on any atom is -0.507 e. The van der Waals surface area contributed by atoms with Crippen molar-refractivity contribution in [3.05, 3.63) is 29.3 Å². The number of aliphatic hydroxyl groups excluding tert-OH is 1. The lowest BCUT2D eigenvalue weighted by atomic mass is 9.99. The van der Waals surface area contributed by atoms with Crippen molar-refractivity contribution in [2.75, 3.05) is 13.2 Å². The molecule has 1 aromatic carbocycles. The van der Waals surface area contributed by atoms with E-state index in [1.165, 1.54) is 31.7 Å². The van der Waals surface area contributed by atoms with E-state index in [2.05, 4.69) is 0 Å². The molecule has 0 aliphatic heterocycles. The van der Waals surface area contributed by atoms with Crippen molar-refractivity contribution in [1.29, 1.82) is 0 Å². The van der Waals surface area contributed by atoms with Crippen LogP contribution in [0.1, 0.15) is 74.2 Å². The molecule has 0 aromatic heterocycles. The third kappa shape index (κ3) is 7.51. The molecule has 0 heterocycles. The molecule has 0 aliphatic carbocycles. The summed E-state index contributed by atoms with van der Waals surface area (Å²) < 4.78 is 5.02. The first kappa shape index (κ1) is 19.5. The maximum absolute atomic E-state index is 11.9. The summed E-state index contributed by atoms with van der Waals surface area (Å²) in [4.78, 5) is 11.9. The molecule has 130 valence electrons. The first-order valence-electron chi connectivity index (χ1n) is 8.79. The Morgan fingerprint density at radius 1 is 1.00 bits per heavy atom. The quantitative estimate of drug-likeness (QED) is 0.446. The van der Waals surface area contributed by atoms with E-state index in [0.717, 1.165) is 37.7 Å². The lowest BCUT2D eigenvalue weighted by Crippen LogP contribution is -2.08. The second-order valence-corrected chi connectivity index (χ2v) is 5.83. The van der Waals surface area contributed by atoms with Gasteiger partial charge in [0.1, 0.15) is 11.3 Å². The molecule has 2 N–H and O–H groups in total. The van der Waals surface area contributed by atoms with Crippen LogP contribution in [-0.4, -0.2) is 29.4 Å². The predicted molar refractivity (Wildman–Crippen MR) is 91.8 cm³/mol. The standard InChI is InChI=1S/C19H30O4/c1-2-23-19(22)18-16(13-11-14-17(18)21)12-9-7-5-3-4-6-8-10-15-20/h11,13-14,20-21H,2-10,12,15H2,1H3. The molecule has 0 fully saturated rings. The molecule has 0 atom stereocenters. The number of hydrogen-bond donors (Lipinski definition) is 2. The van der Waals surface area contributed by atoms with Crippen molar-refractivity contribution >= 4 is 5.97 Å². The van der Waals surface area contributed by atoms with Gasteiger partial charge in [0.2, 0.25) is 0 Å². The van der Waals surface area contributed by atoms with Crippen molar-refractivity contribution in [3.63, 3.8) is 0 Å². The molecule has 0 bridgehead atoms. The van der Waals surface area contributed by atoms with Gasteiger partial charge in [0.25, 0.3) is 0 Å². The number of unbranched alkanes of at least 4 members (excludes halogenated alkanes) is 7. The number of rotatable bonds is 12. The minimum atomic E-state index is -0.440. The van der Waals surface area contributed by atoms with Crippen molar-refractivity contribution in [3.8, 4) is 5.75 Å². The van der Waals surface area contributed by atoms with Crippen molar-refractivity contribution in [2.45, 2.75) is 64.7 Å². The van der Waals surface area contributed by atoms with Crippen LogP contribution in [0.15, 0.2) is 18.2 Å². The average Bonchev–Trinajstić information content (AvgIpc) is 2.53. The Bertz CT molecular complexity index is 457. The normalized spacial score (nSPS) is 10.7. The lowest BCUT2D eigenvalue weighted by Gasteiger charge is -2.10. The fraction of sp³-hybridized carbons (Fsp3) is 0.632. The molecule has 4 heteroatoms. The Morgan fingerprint density at radius 2 is 1.61 bits per heavy atom. The molecule has 0 aliphatic rings. The molecule has 23 heavy (non-hydrogen) atoms. The predicted octanol–water partition coefficient (Wildman–Crippen LogP) is 4.22. The van der Waals surface area contributed by atoms with Crippen LogP contribution in [0.5, 0.6) is 5.75 Å². The van der Waals surface area contributed by atoms with Gasteiger partial charge in [0, 0.05) is 6.61 Å². The SMILES string of the molecule is CCOC(=O)c1c(O)cccc1CCCCCCCCCCO. The summed E-state index contributed by atoms with van der Waals surface area (Å²) in [5.41, 5.74) is 1.18. The summed E-state index contributed by atoms with van der Waals surface area (Å²) in [6.07, 6.45) is 9.76. The molecule has 0 unspecified atom stereocenters. The number of carbonyl (C=O) groups is 1. The number of esters is 1. The molecule has 1 rings (SSSR count). The topological polar surface area (TPSA) is 66.8 Å². The van der Waals surface area contributed by atoms with Crippen molar-refractivity contribution in [2.24, 2.45) is 0 Å². The summed E-state index contributed by atoms with van der Waals surface area (Å²) in [5, 5.41) is 18.6. The van der Waals surface area contributed by atoms with Gasteiger partial charge in [-0.1, -0.05) is 50.7 Å². The summed E-state index contributed by atoms with van der Waals surface area (Å²) >= 11 is 0. The fourth-order valence-corrected chi connectivity index (χ4v) is 2.72. The Morgan fingerprint density at radius 3 is 2.22 bits per heavy atom. The number of phenolic OH excluding ortho intramolecular Hbond substituents is 1. The van der Waals surface area contributed by atoms with Crippen LogP contribution in [0.3, 0.4) is 0 Å². The Hall–Kier alpha value is -1.55. The highest BCUT2D eigenvalue weighted by molar-refractivity contribution is 5.94. The molecule has 4 nitrogen and oxygen atoms in total.